The molecule has 0 fully saturated rings. The van der Waals surface area contributed by atoms with Crippen LogP contribution in [0.1, 0.15) is 12.0 Å². The van der Waals surface area contributed by atoms with Crippen molar-refractivity contribution in [2.75, 3.05) is 7.11 Å². The van der Waals surface area contributed by atoms with Crippen LogP contribution in [-0.2, 0) is 16.0 Å². The number of carbonyl (C=O) groups excluding carboxylic acids is 1. The van der Waals surface area contributed by atoms with Gasteiger partial charge in [-0.3, -0.25) is 4.79 Å². The van der Waals surface area contributed by atoms with Gasteiger partial charge in [0, 0.05) is 6.42 Å². The fourth-order valence-electron chi connectivity index (χ4n) is 1.98. The van der Waals surface area contributed by atoms with Crippen LogP contribution in [0.25, 0.3) is 11.1 Å². The van der Waals surface area contributed by atoms with Gasteiger partial charge in [-0.1, -0.05) is 24.3 Å². The van der Waals surface area contributed by atoms with Crippen LogP contribution < -0.4 is 0 Å². The molecule has 0 saturated carbocycles. The van der Waals surface area contributed by atoms with E-state index in [0.717, 1.165) is 11.1 Å². The number of phenolic OH excluding ortho intramolecular Hbond substituents is 3. The predicted octanol–water partition coefficient (Wildman–Crippen LogP) is 2.58. The van der Waals surface area contributed by atoms with E-state index >= 15 is 0 Å². The Bertz CT molecular complexity index is 623. The summed E-state index contributed by atoms with van der Waals surface area (Å²) < 4.78 is 4.58. The lowest BCUT2D eigenvalue weighted by Gasteiger charge is -2.07. The summed E-state index contributed by atoms with van der Waals surface area (Å²) in [6, 6.07) is 10.1. The van der Waals surface area contributed by atoms with Gasteiger partial charge >= 0.3 is 5.97 Å². The van der Waals surface area contributed by atoms with Crippen molar-refractivity contribution in [3.05, 3.63) is 42.0 Å². The number of carbonyl (C=O) groups is 1. The van der Waals surface area contributed by atoms with Gasteiger partial charge in [0.2, 0.25) is 0 Å². The fourth-order valence-corrected chi connectivity index (χ4v) is 1.98. The van der Waals surface area contributed by atoms with E-state index in [4.69, 9.17) is 0 Å². The normalized spacial score (nSPS) is 10.3. The highest BCUT2D eigenvalue weighted by Gasteiger charge is 2.09. The van der Waals surface area contributed by atoms with Crippen molar-refractivity contribution in [3.63, 3.8) is 0 Å². The van der Waals surface area contributed by atoms with Crippen molar-refractivity contribution in [3.8, 4) is 28.4 Å². The Hall–Kier alpha value is -2.69. The van der Waals surface area contributed by atoms with Crippen molar-refractivity contribution in [1.82, 2.24) is 0 Å². The molecule has 5 nitrogen and oxygen atoms in total. The number of esters is 1. The van der Waals surface area contributed by atoms with Crippen molar-refractivity contribution in [2.24, 2.45) is 0 Å². The molecule has 2 aromatic carbocycles. The molecular formula is C16H16O5. The molecule has 3 N–H and O–H groups in total. The molecule has 0 aliphatic heterocycles. The molecule has 5 heteroatoms. The fraction of sp³-hybridized carbons (Fsp3) is 0.188. The van der Waals surface area contributed by atoms with Crippen LogP contribution in [0.15, 0.2) is 36.4 Å². The maximum atomic E-state index is 11.1. The van der Waals surface area contributed by atoms with E-state index in [1.165, 1.54) is 19.2 Å². The second-order valence-electron chi connectivity index (χ2n) is 4.64. The van der Waals surface area contributed by atoms with Gasteiger partial charge in [0.1, 0.15) is 0 Å². The van der Waals surface area contributed by atoms with Crippen LogP contribution in [0, 0.1) is 0 Å². The monoisotopic (exact) mass is 288 g/mol. The zero-order valence-electron chi connectivity index (χ0n) is 11.5. The summed E-state index contributed by atoms with van der Waals surface area (Å²) in [5.41, 5.74) is 2.35. The number of aryl methyl sites for hydroxylation is 1. The second-order valence-corrected chi connectivity index (χ2v) is 4.64. The summed E-state index contributed by atoms with van der Waals surface area (Å²) in [7, 11) is 1.36. The molecular weight excluding hydrogens is 272 g/mol. The Balaban J connectivity index is 2.17. The SMILES string of the molecule is COC(=O)CCc1ccc(-c2cc(O)c(O)c(O)c2)cc1. The summed E-state index contributed by atoms with van der Waals surface area (Å²) in [4.78, 5) is 11.1. The Morgan fingerprint density at radius 2 is 1.57 bits per heavy atom. The first kappa shape index (κ1) is 14.7. The highest BCUT2D eigenvalue weighted by atomic mass is 16.5. The van der Waals surface area contributed by atoms with Gasteiger partial charge in [0.05, 0.1) is 7.11 Å². The average molecular weight is 288 g/mol. The van der Waals surface area contributed by atoms with E-state index in [9.17, 15) is 20.1 Å². The molecule has 0 radical (unpaired) electrons. The van der Waals surface area contributed by atoms with Gasteiger partial charge in [0.25, 0.3) is 0 Å². The third kappa shape index (κ3) is 3.45. The van der Waals surface area contributed by atoms with Gasteiger partial charge in [-0.15, -0.1) is 0 Å². The Kier molecular flexibility index (Phi) is 4.33. The van der Waals surface area contributed by atoms with E-state index in [2.05, 4.69) is 4.74 Å². The molecule has 0 aliphatic carbocycles. The zero-order chi connectivity index (χ0) is 15.4. The largest absolute Gasteiger partial charge is 0.504 e. The van der Waals surface area contributed by atoms with Crippen LogP contribution >= 0.6 is 0 Å². The molecule has 0 bridgehead atoms. The van der Waals surface area contributed by atoms with Crippen molar-refractivity contribution >= 4 is 5.97 Å². The van der Waals surface area contributed by atoms with Gasteiger partial charge in [-0.25, -0.2) is 0 Å². The van der Waals surface area contributed by atoms with E-state index in [-0.39, 0.29) is 17.5 Å². The first-order valence-corrected chi connectivity index (χ1v) is 6.42. The third-order valence-electron chi connectivity index (χ3n) is 3.20. The van der Waals surface area contributed by atoms with Gasteiger partial charge in [-0.2, -0.15) is 0 Å². The summed E-state index contributed by atoms with van der Waals surface area (Å²) in [6.07, 6.45) is 0.898. The van der Waals surface area contributed by atoms with Crippen LogP contribution in [-0.4, -0.2) is 28.4 Å². The Morgan fingerprint density at radius 3 is 2.10 bits per heavy atom. The van der Waals surface area contributed by atoms with Gasteiger partial charge in [0.15, 0.2) is 17.2 Å². The number of rotatable bonds is 4. The highest BCUT2D eigenvalue weighted by Crippen LogP contribution is 2.38. The summed E-state index contributed by atoms with van der Waals surface area (Å²) in [5, 5.41) is 28.3. The lowest BCUT2D eigenvalue weighted by Crippen LogP contribution is -2.01. The summed E-state index contributed by atoms with van der Waals surface area (Å²) >= 11 is 0. The quantitative estimate of drug-likeness (QED) is 0.594. The minimum Gasteiger partial charge on any atom is -0.504 e. The summed E-state index contributed by atoms with van der Waals surface area (Å²) in [5.74, 6) is -1.54. The van der Waals surface area contributed by atoms with Crippen LogP contribution in [0.2, 0.25) is 0 Å². The third-order valence-corrected chi connectivity index (χ3v) is 3.20. The minimum atomic E-state index is -0.534. The molecule has 0 aromatic heterocycles. The van der Waals surface area contributed by atoms with Gasteiger partial charge < -0.3 is 20.1 Å². The van der Waals surface area contributed by atoms with Crippen molar-refractivity contribution in [2.45, 2.75) is 12.8 Å². The number of ether oxygens (including phenoxy) is 1. The first-order valence-electron chi connectivity index (χ1n) is 6.42. The maximum absolute atomic E-state index is 11.1. The standard InChI is InChI=1S/C16H16O5/c1-21-15(19)7-4-10-2-5-11(6-3-10)12-8-13(17)16(20)14(18)9-12/h2-3,5-6,8-9,17-18,20H,4,7H2,1H3. The molecule has 0 atom stereocenters. The molecule has 0 saturated heterocycles. The molecule has 110 valence electrons. The first-order chi connectivity index (χ1) is 10.0. The number of aromatic hydroxyl groups is 3. The van der Waals surface area contributed by atoms with E-state index in [1.807, 2.05) is 24.3 Å². The lowest BCUT2D eigenvalue weighted by molar-refractivity contribution is -0.140. The number of benzene rings is 2. The molecule has 0 aliphatic rings. The molecule has 21 heavy (non-hydrogen) atoms. The number of hydrogen-bond donors (Lipinski definition) is 3. The second kappa shape index (κ2) is 6.17. The number of phenols is 3. The lowest BCUT2D eigenvalue weighted by atomic mass is 10.0. The highest BCUT2D eigenvalue weighted by molar-refractivity contribution is 5.71. The van der Waals surface area contributed by atoms with Crippen LogP contribution in [0.4, 0.5) is 0 Å². The molecule has 2 aromatic rings. The summed E-state index contributed by atoms with van der Waals surface area (Å²) in [6.45, 7) is 0. The molecule has 2 rings (SSSR count). The molecule has 0 spiro atoms. The Morgan fingerprint density at radius 1 is 1.00 bits per heavy atom. The molecule has 0 heterocycles. The smallest absolute Gasteiger partial charge is 0.305 e. The topological polar surface area (TPSA) is 87.0 Å². The van der Waals surface area contributed by atoms with Crippen molar-refractivity contribution in [1.29, 1.82) is 0 Å². The minimum absolute atomic E-state index is 0.257. The predicted molar refractivity (Wildman–Crippen MR) is 77.2 cm³/mol. The van der Waals surface area contributed by atoms with E-state index in [1.54, 1.807) is 0 Å². The van der Waals surface area contributed by atoms with E-state index in [0.29, 0.717) is 18.4 Å². The van der Waals surface area contributed by atoms with Gasteiger partial charge in [-0.05, 0) is 35.2 Å². The van der Waals surface area contributed by atoms with E-state index < -0.39 is 5.75 Å². The maximum Gasteiger partial charge on any atom is 0.305 e. The van der Waals surface area contributed by atoms with Crippen LogP contribution in [0.5, 0.6) is 17.2 Å². The molecule has 0 amide bonds. The van der Waals surface area contributed by atoms with Crippen molar-refractivity contribution < 1.29 is 24.9 Å². The molecule has 0 unspecified atom stereocenters. The average Bonchev–Trinajstić information content (AvgIpc) is 2.50. The number of methoxy groups -OCH3 is 1. The zero-order valence-corrected chi connectivity index (χ0v) is 11.5. The van der Waals surface area contributed by atoms with Crippen LogP contribution in [0.3, 0.4) is 0 Å². The Labute approximate surface area is 122 Å². The number of hydrogen-bond acceptors (Lipinski definition) is 5.